The minimum atomic E-state index is -0.409. The van der Waals surface area contributed by atoms with Crippen LogP contribution >= 0.6 is 11.6 Å². The van der Waals surface area contributed by atoms with Gasteiger partial charge in [-0.3, -0.25) is 10.1 Å². The third-order valence-corrected chi connectivity index (χ3v) is 5.47. The standard InChI is InChI=1S/C21H21ClN2O3/c1-26-18-8-7-12(9-13(18)11-22)19-20-15(10-17(24-19)21(25)27-2)14-5-3-4-6-16(14)23-20/h3-9,17,19,23-24H,10-11H2,1-2H3. The smallest absolute Gasteiger partial charge is 0.323 e. The highest BCUT2D eigenvalue weighted by molar-refractivity contribution is 6.17. The van der Waals surface area contributed by atoms with Gasteiger partial charge in [-0.25, -0.2) is 0 Å². The van der Waals surface area contributed by atoms with Crippen LogP contribution in [0.3, 0.4) is 0 Å². The number of carbonyl (C=O) groups is 1. The Hall–Kier alpha value is -2.50. The summed E-state index contributed by atoms with van der Waals surface area (Å²) < 4.78 is 10.4. The molecule has 2 unspecified atom stereocenters. The number of carbonyl (C=O) groups excluding carboxylic acids is 1. The zero-order chi connectivity index (χ0) is 19.0. The Balaban J connectivity index is 1.86. The highest BCUT2D eigenvalue weighted by atomic mass is 35.5. The number of rotatable bonds is 4. The number of benzene rings is 2. The number of H-pyrrole nitrogens is 1. The third-order valence-electron chi connectivity index (χ3n) is 5.18. The number of aromatic nitrogens is 1. The maximum Gasteiger partial charge on any atom is 0.323 e. The number of nitrogens with one attached hydrogen (secondary N) is 2. The number of esters is 1. The molecule has 140 valence electrons. The number of halogens is 1. The lowest BCUT2D eigenvalue weighted by Gasteiger charge is -2.30. The minimum absolute atomic E-state index is 0.168. The number of methoxy groups -OCH3 is 2. The fourth-order valence-corrected chi connectivity index (χ4v) is 4.08. The van der Waals surface area contributed by atoms with Crippen LogP contribution in [0.4, 0.5) is 0 Å². The van der Waals surface area contributed by atoms with Gasteiger partial charge in [0.15, 0.2) is 0 Å². The van der Waals surface area contributed by atoms with Gasteiger partial charge < -0.3 is 14.5 Å². The first-order valence-electron chi connectivity index (χ1n) is 8.82. The predicted molar refractivity (Wildman–Crippen MR) is 105 cm³/mol. The normalized spacial score (nSPS) is 18.9. The van der Waals surface area contributed by atoms with Gasteiger partial charge in [-0.15, -0.1) is 11.6 Å². The highest BCUT2D eigenvalue weighted by Gasteiger charge is 2.34. The zero-order valence-electron chi connectivity index (χ0n) is 15.2. The van der Waals surface area contributed by atoms with Crippen molar-refractivity contribution in [1.29, 1.82) is 0 Å². The van der Waals surface area contributed by atoms with Crippen molar-refractivity contribution in [3.05, 3.63) is 64.8 Å². The first-order chi connectivity index (χ1) is 13.2. The quantitative estimate of drug-likeness (QED) is 0.532. The van der Waals surface area contributed by atoms with Crippen molar-refractivity contribution in [1.82, 2.24) is 10.3 Å². The average Bonchev–Trinajstić information content (AvgIpc) is 3.10. The molecule has 2 aromatic carbocycles. The van der Waals surface area contributed by atoms with E-state index in [2.05, 4.69) is 22.4 Å². The number of ether oxygens (including phenoxy) is 2. The summed E-state index contributed by atoms with van der Waals surface area (Å²) in [5.41, 5.74) is 5.21. The van der Waals surface area contributed by atoms with Gasteiger partial charge in [0.1, 0.15) is 11.8 Å². The van der Waals surface area contributed by atoms with E-state index < -0.39 is 6.04 Å². The van der Waals surface area contributed by atoms with Gasteiger partial charge in [-0.05, 0) is 29.3 Å². The van der Waals surface area contributed by atoms with Gasteiger partial charge in [0, 0.05) is 28.6 Å². The second kappa shape index (κ2) is 7.25. The molecule has 1 aromatic heterocycles. The van der Waals surface area contributed by atoms with Crippen molar-refractivity contribution in [3.63, 3.8) is 0 Å². The highest BCUT2D eigenvalue weighted by Crippen LogP contribution is 2.36. The van der Waals surface area contributed by atoms with E-state index in [9.17, 15) is 4.79 Å². The molecule has 0 spiro atoms. The van der Waals surface area contributed by atoms with Gasteiger partial charge in [0.25, 0.3) is 0 Å². The molecule has 27 heavy (non-hydrogen) atoms. The van der Waals surface area contributed by atoms with Crippen molar-refractivity contribution in [2.24, 2.45) is 0 Å². The Labute approximate surface area is 162 Å². The maximum atomic E-state index is 12.3. The topological polar surface area (TPSA) is 63.4 Å². The molecule has 0 bridgehead atoms. The van der Waals surface area contributed by atoms with Crippen LogP contribution in [-0.2, 0) is 21.8 Å². The van der Waals surface area contributed by atoms with Gasteiger partial charge in [-0.1, -0.05) is 24.3 Å². The number of alkyl halides is 1. The van der Waals surface area contributed by atoms with Crippen LogP contribution in [0.15, 0.2) is 42.5 Å². The van der Waals surface area contributed by atoms with Crippen LogP contribution < -0.4 is 10.1 Å². The Morgan fingerprint density at radius 1 is 1.22 bits per heavy atom. The van der Waals surface area contributed by atoms with Gasteiger partial charge >= 0.3 is 5.97 Å². The average molecular weight is 385 g/mol. The van der Waals surface area contributed by atoms with E-state index in [1.165, 1.54) is 7.11 Å². The molecule has 1 aliphatic rings. The first kappa shape index (κ1) is 17.9. The molecule has 0 saturated heterocycles. The van der Waals surface area contributed by atoms with Crippen molar-refractivity contribution < 1.29 is 14.3 Å². The van der Waals surface area contributed by atoms with E-state index in [-0.39, 0.29) is 12.0 Å². The molecule has 6 heteroatoms. The molecule has 4 rings (SSSR count). The summed E-state index contributed by atoms with van der Waals surface area (Å²) in [5, 5.41) is 4.57. The summed E-state index contributed by atoms with van der Waals surface area (Å²) in [5.74, 6) is 0.844. The molecule has 2 heterocycles. The van der Waals surface area contributed by atoms with E-state index in [1.54, 1.807) is 7.11 Å². The van der Waals surface area contributed by atoms with Gasteiger partial charge in [0.2, 0.25) is 0 Å². The molecular formula is C21H21ClN2O3. The van der Waals surface area contributed by atoms with E-state index in [0.29, 0.717) is 12.3 Å². The number of hydrogen-bond acceptors (Lipinski definition) is 4. The lowest BCUT2D eigenvalue weighted by molar-refractivity contribution is -0.143. The van der Waals surface area contributed by atoms with E-state index >= 15 is 0 Å². The van der Waals surface area contributed by atoms with E-state index in [0.717, 1.165) is 39.0 Å². The molecule has 2 atom stereocenters. The lowest BCUT2D eigenvalue weighted by atomic mass is 9.89. The summed E-state index contributed by atoms with van der Waals surface area (Å²) in [7, 11) is 3.05. The second-order valence-corrected chi connectivity index (χ2v) is 6.91. The molecule has 1 aliphatic heterocycles. The largest absolute Gasteiger partial charge is 0.496 e. The number of fused-ring (bicyclic) bond motifs is 3. The molecule has 0 fully saturated rings. The predicted octanol–water partition coefficient (Wildman–Crippen LogP) is 3.69. The molecule has 3 aromatic rings. The molecule has 0 amide bonds. The van der Waals surface area contributed by atoms with Crippen molar-refractivity contribution in [2.45, 2.75) is 24.4 Å². The molecule has 0 radical (unpaired) electrons. The van der Waals surface area contributed by atoms with Crippen LogP contribution in [0, 0.1) is 0 Å². The maximum absolute atomic E-state index is 12.3. The van der Waals surface area contributed by atoms with Crippen molar-refractivity contribution in [2.75, 3.05) is 14.2 Å². The Morgan fingerprint density at radius 2 is 2.04 bits per heavy atom. The Bertz CT molecular complexity index is 998. The molecular weight excluding hydrogens is 364 g/mol. The lowest BCUT2D eigenvalue weighted by Crippen LogP contribution is -2.45. The summed E-state index contributed by atoms with van der Waals surface area (Å²) >= 11 is 6.11. The fraction of sp³-hybridized carbons (Fsp3) is 0.286. The van der Waals surface area contributed by atoms with E-state index in [1.807, 2.05) is 30.3 Å². The molecule has 2 N–H and O–H groups in total. The van der Waals surface area contributed by atoms with Crippen LogP contribution in [0.1, 0.15) is 28.4 Å². The first-order valence-corrected chi connectivity index (χ1v) is 9.35. The second-order valence-electron chi connectivity index (χ2n) is 6.65. The van der Waals surface area contributed by atoms with E-state index in [4.69, 9.17) is 21.1 Å². The van der Waals surface area contributed by atoms with Crippen LogP contribution in [-0.4, -0.2) is 31.2 Å². The Morgan fingerprint density at radius 3 is 2.78 bits per heavy atom. The SMILES string of the molecule is COC(=O)C1Cc2c([nH]c3ccccc23)C(c2ccc(OC)c(CCl)c2)N1. The van der Waals surface area contributed by atoms with Gasteiger partial charge in [0.05, 0.1) is 26.1 Å². The van der Waals surface area contributed by atoms with Crippen molar-refractivity contribution in [3.8, 4) is 5.75 Å². The molecule has 5 nitrogen and oxygen atoms in total. The fourth-order valence-electron chi connectivity index (χ4n) is 3.87. The number of hydrogen-bond donors (Lipinski definition) is 2. The number of aromatic amines is 1. The summed E-state index contributed by atoms with van der Waals surface area (Å²) in [4.78, 5) is 15.8. The van der Waals surface area contributed by atoms with Crippen LogP contribution in [0.2, 0.25) is 0 Å². The number of para-hydroxylation sites is 1. The molecule has 0 saturated carbocycles. The van der Waals surface area contributed by atoms with Crippen LogP contribution in [0.5, 0.6) is 5.75 Å². The van der Waals surface area contributed by atoms with Crippen molar-refractivity contribution >= 4 is 28.5 Å². The minimum Gasteiger partial charge on any atom is -0.496 e. The third kappa shape index (κ3) is 3.07. The molecule has 0 aliphatic carbocycles. The monoisotopic (exact) mass is 384 g/mol. The summed E-state index contributed by atoms with van der Waals surface area (Å²) in [6, 6.07) is 13.5. The van der Waals surface area contributed by atoms with Crippen LogP contribution in [0.25, 0.3) is 10.9 Å². The summed E-state index contributed by atoms with van der Waals surface area (Å²) in [6.07, 6.45) is 0.584. The zero-order valence-corrected chi connectivity index (χ0v) is 16.0. The van der Waals surface area contributed by atoms with Gasteiger partial charge in [-0.2, -0.15) is 0 Å². The summed E-state index contributed by atoms with van der Waals surface area (Å²) in [6.45, 7) is 0. The Kier molecular flexibility index (Phi) is 4.81.